The number of pyridine rings is 1. The maximum atomic E-state index is 5.05. The number of ether oxygens (including phenoxy) is 1. The van der Waals surface area contributed by atoms with E-state index in [0.717, 1.165) is 35.9 Å². The Labute approximate surface area is 141 Å². The lowest BCUT2D eigenvalue weighted by atomic mass is 10.3. The molecular weight excluding hydrogens is 310 g/mol. The summed E-state index contributed by atoms with van der Waals surface area (Å²) in [6.45, 7) is 3.61. The van der Waals surface area contributed by atoms with Crippen LogP contribution in [0.5, 0.6) is 5.88 Å². The molecular formula is C16H23N5OS. The summed E-state index contributed by atoms with van der Waals surface area (Å²) in [5.74, 6) is 1.39. The molecule has 2 N–H and O–H groups in total. The average molecular weight is 333 g/mol. The minimum atomic E-state index is 0.617. The van der Waals surface area contributed by atoms with Gasteiger partial charge < -0.3 is 15.4 Å². The van der Waals surface area contributed by atoms with Crippen LogP contribution < -0.4 is 15.4 Å². The predicted molar refractivity (Wildman–Crippen MR) is 94.2 cm³/mol. The van der Waals surface area contributed by atoms with Crippen molar-refractivity contribution in [2.45, 2.75) is 26.3 Å². The smallest absolute Gasteiger partial charge is 0.212 e. The number of hydrogen-bond acceptors (Lipinski definition) is 5. The van der Waals surface area contributed by atoms with Gasteiger partial charge in [0.1, 0.15) is 0 Å². The van der Waals surface area contributed by atoms with Crippen LogP contribution in [0.1, 0.15) is 22.4 Å². The lowest BCUT2D eigenvalue weighted by Crippen LogP contribution is -2.37. The standard InChI is InChI=1S/C16H23N5OS/c1-4-13-11-20-15(23-13)7-8-18-16(17-2)21-10-12-5-6-14(22-3)19-9-12/h5-6,9,11H,4,7-8,10H2,1-3H3,(H2,17,18,21). The van der Waals surface area contributed by atoms with Crippen LogP contribution in [0.25, 0.3) is 0 Å². The first-order chi connectivity index (χ1) is 11.2. The van der Waals surface area contributed by atoms with E-state index < -0.39 is 0 Å². The lowest BCUT2D eigenvalue weighted by Gasteiger charge is -2.11. The molecule has 0 aliphatic carbocycles. The normalized spacial score (nSPS) is 11.3. The number of aliphatic imine (C=N–C) groups is 1. The van der Waals surface area contributed by atoms with Gasteiger partial charge in [-0.05, 0) is 12.0 Å². The summed E-state index contributed by atoms with van der Waals surface area (Å²) >= 11 is 1.77. The van der Waals surface area contributed by atoms with Gasteiger partial charge in [-0.25, -0.2) is 9.97 Å². The Morgan fingerprint density at radius 3 is 2.74 bits per heavy atom. The Morgan fingerprint density at radius 2 is 2.13 bits per heavy atom. The zero-order valence-corrected chi connectivity index (χ0v) is 14.6. The monoisotopic (exact) mass is 333 g/mol. The molecule has 124 valence electrons. The Kier molecular flexibility index (Phi) is 6.80. The zero-order chi connectivity index (χ0) is 16.5. The fourth-order valence-electron chi connectivity index (χ4n) is 1.96. The maximum absolute atomic E-state index is 5.05. The molecule has 0 amide bonds. The lowest BCUT2D eigenvalue weighted by molar-refractivity contribution is 0.397. The Morgan fingerprint density at radius 1 is 1.26 bits per heavy atom. The molecule has 0 aliphatic rings. The quantitative estimate of drug-likeness (QED) is 0.599. The van der Waals surface area contributed by atoms with Crippen LogP contribution >= 0.6 is 11.3 Å². The second-order valence-corrected chi connectivity index (χ2v) is 6.08. The van der Waals surface area contributed by atoms with Crippen LogP contribution in [-0.2, 0) is 19.4 Å². The summed E-state index contributed by atoms with van der Waals surface area (Å²) in [7, 11) is 3.37. The van der Waals surface area contributed by atoms with E-state index in [9.17, 15) is 0 Å². The van der Waals surface area contributed by atoms with Crippen molar-refractivity contribution < 1.29 is 4.74 Å². The molecule has 0 saturated carbocycles. The van der Waals surface area contributed by atoms with Gasteiger partial charge in [-0.15, -0.1) is 11.3 Å². The summed E-state index contributed by atoms with van der Waals surface area (Å²) < 4.78 is 5.05. The number of thiazole rings is 1. The summed E-state index contributed by atoms with van der Waals surface area (Å²) in [5, 5.41) is 7.72. The molecule has 0 fully saturated rings. The predicted octanol–water partition coefficient (Wildman–Crippen LogP) is 2.02. The van der Waals surface area contributed by atoms with E-state index in [1.54, 1.807) is 31.7 Å². The van der Waals surface area contributed by atoms with Crippen molar-refractivity contribution in [1.29, 1.82) is 0 Å². The molecule has 0 unspecified atom stereocenters. The van der Waals surface area contributed by atoms with Crippen LogP contribution in [0.2, 0.25) is 0 Å². The van der Waals surface area contributed by atoms with Crippen LogP contribution in [0, 0.1) is 0 Å². The van der Waals surface area contributed by atoms with E-state index in [2.05, 4.69) is 32.5 Å². The topological polar surface area (TPSA) is 71.4 Å². The third-order valence-corrected chi connectivity index (χ3v) is 4.47. The van der Waals surface area contributed by atoms with Crippen molar-refractivity contribution in [3.63, 3.8) is 0 Å². The van der Waals surface area contributed by atoms with Crippen molar-refractivity contribution in [1.82, 2.24) is 20.6 Å². The number of rotatable bonds is 7. The van der Waals surface area contributed by atoms with Gasteiger partial charge in [0.2, 0.25) is 5.88 Å². The van der Waals surface area contributed by atoms with Gasteiger partial charge in [0.25, 0.3) is 0 Å². The highest BCUT2D eigenvalue weighted by Gasteiger charge is 2.02. The summed E-state index contributed by atoms with van der Waals surface area (Å²) in [6.07, 6.45) is 5.70. The van der Waals surface area contributed by atoms with E-state index in [1.807, 2.05) is 18.3 Å². The number of hydrogen-bond donors (Lipinski definition) is 2. The van der Waals surface area contributed by atoms with E-state index >= 15 is 0 Å². The molecule has 7 heteroatoms. The number of nitrogens with zero attached hydrogens (tertiary/aromatic N) is 3. The summed E-state index contributed by atoms with van der Waals surface area (Å²) in [6, 6.07) is 3.83. The first-order valence-electron chi connectivity index (χ1n) is 7.62. The highest BCUT2D eigenvalue weighted by Crippen LogP contribution is 2.13. The van der Waals surface area contributed by atoms with Crippen molar-refractivity contribution in [3.8, 4) is 5.88 Å². The number of methoxy groups -OCH3 is 1. The van der Waals surface area contributed by atoms with E-state index in [-0.39, 0.29) is 0 Å². The van der Waals surface area contributed by atoms with E-state index in [1.165, 1.54) is 4.88 Å². The summed E-state index contributed by atoms with van der Waals surface area (Å²) in [4.78, 5) is 14.2. The van der Waals surface area contributed by atoms with Gasteiger partial charge in [0.05, 0.1) is 12.1 Å². The molecule has 6 nitrogen and oxygen atoms in total. The van der Waals surface area contributed by atoms with Gasteiger partial charge in [-0.2, -0.15) is 0 Å². The molecule has 0 aromatic carbocycles. The molecule has 0 atom stereocenters. The molecule has 23 heavy (non-hydrogen) atoms. The van der Waals surface area contributed by atoms with Crippen molar-refractivity contribution >= 4 is 17.3 Å². The van der Waals surface area contributed by atoms with Gasteiger partial charge in [0, 0.05) is 49.9 Å². The van der Waals surface area contributed by atoms with Gasteiger partial charge in [0.15, 0.2) is 5.96 Å². The number of aryl methyl sites for hydroxylation is 1. The van der Waals surface area contributed by atoms with E-state index in [4.69, 9.17) is 4.74 Å². The third kappa shape index (κ3) is 5.52. The average Bonchev–Trinajstić information content (AvgIpc) is 3.06. The highest BCUT2D eigenvalue weighted by atomic mass is 32.1. The molecule has 0 saturated heterocycles. The Hall–Kier alpha value is -2.15. The minimum absolute atomic E-state index is 0.617. The molecule has 0 spiro atoms. The fourth-order valence-corrected chi connectivity index (χ4v) is 2.82. The van der Waals surface area contributed by atoms with Crippen LogP contribution in [0.15, 0.2) is 29.5 Å². The van der Waals surface area contributed by atoms with E-state index in [0.29, 0.717) is 12.4 Å². The fraction of sp³-hybridized carbons (Fsp3) is 0.438. The molecule has 2 aromatic rings. The molecule has 0 aliphatic heterocycles. The first-order valence-corrected chi connectivity index (χ1v) is 8.43. The van der Waals surface area contributed by atoms with Crippen LogP contribution in [-0.4, -0.2) is 36.6 Å². The van der Waals surface area contributed by atoms with Gasteiger partial charge >= 0.3 is 0 Å². The van der Waals surface area contributed by atoms with Crippen molar-refractivity contribution in [2.75, 3.05) is 20.7 Å². The highest BCUT2D eigenvalue weighted by molar-refractivity contribution is 7.11. The summed E-state index contributed by atoms with van der Waals surface area (Å²) in [5.41, 5.74) is 1.07. The maximum Gasteiger partial charge on any atom is 0.212 e. The van der Waals surface area contributed by atoms with Gasteiger partial charge in [-0.3, -0.25) is 4.99 Å². The van der Waals surface area contributed by atoms with Crippen molar-refractivity contribution in [3.05, 3.63) is 40.0 Å². The molecule has 2 aromatic heterocycles. The van der Waals surface area contributed by atoms with Crippen LogP contribution in [0.4, 0.5) is 0 Å². The zero-order valence-electron chi connectivity index (χ0n) is 13.8. The molecule has 2 rings (SSSR count). The molecule has 0 bridgehead atoms. The first kappa shape index (κ1) is 17.2. The third-order valence-electron chi connectivity index (χ3n) is 3.27. The molecule has 0 radical (unpaired) electrons. The second-order valence-electron chi connectivity index (χ2n) is 4.89. The van der Waals surface area contributed by atoms with Crippen LogP contribution in [0.3, 0.4) is 0 Å². The van der Waals surface area contributed by atoms with Gasteiger partial charge in [-0.1, -0.05) is 13.0 Å². The largest absolute Gasteiger partial charge is 0.481 e. The Balaban J connectivity index is 1.74. The van der Waals surface area contributed by atoms with Crippen molar-refractivity contribution in [2.24, 2.45) is 4.99 Å². The molecule has 2 heterocycles. The number of aromatic nitrogens is 2. The second kappa shape index (κ2) is 9.09. The minimum Gasteiger partial charge on any atom is -0.481 e. The Bertz CT molecular complexity index is 624. The number of nitrogens with one attached hydrogen (secondary N) is 2. The number of guanidine groups is 1. The SMILES string of the molecule is CCc1cnc(CCNC(=NC)NCc2ccc(OC)nc2)s1.